The van der Waals surface area contributed by atoms with Gasteiger partial charge in [0.25, 0.3) is 0 Å². The lowest BCUT2D eigenvalue weighted by atomic mass is 9.91. The van der Waals surface area contributed by atoms with Crippen LogP contribution in [0.5, 0.6) is 0 Å². The maximum Gasteiger partial charge on any atom is 0.0596 e. The molecule has 3 rings (SSSR count). The first-order valence-electron chi connectivity index (χ1n) is 7.06. The van der Waals surface area contributed by atoms with Crippen LogP contribution in [-0.2, 0) is 6.42 Å². The number of hydrogen-bond donors (Lipinski definition) is 2. The molecule has 0 spiro atoms. The minimum absolute atomic E-state index is 0.967. The number of anilines is 1. The minimum Gasteiger partial charge on any atom is -0.323 e. The molecule has 102 valence electrons. The fourth-order valence-corrected chi connectivity index (χ4v) is 3.14. The van der Waals surface area contributed by atoms with Gasteiger partial charge in [0.05, 0.1) is 5.69 Å². The summed E-state index contributed by atoms with van der Waals surface area (Å²) in [5.74, 6) is 5.77. The van der Waals surface area contributed by atoms with E-state index in [1.54, 1.807) is 0 Å². The predicted molar refractivity (Wildman–Crippen MR) is 86.6 cm³/mol. The molecule has 0 heterocycles. The molecule has 0 radical (unpaired) electrons. The monoisotopic (exact) mass is 264 g/mol. The Hall–Kier alpha value is -2.06. The zero-order valence-electron chi connectivity index (χ0n) is 12.1. The van der Waals surface area contributed by atoms with Gasteiger partial charge in [-0.3, -0.25) is 5.84 Å². The number of rotatable bonds is 3. The van der Waals surface area contributed by atoms with Crippen molar-refractivity contribution < 1.29 is 0 Å². The number of aryl methyl sites for hydroxylation is 1. The van der Waals surface area contributed by atoms with Crippen LogP contribution in [0.1, 0.15) is 35.6 Å². The van der Waals surface area contributed by atoms with Crippen LogP contribution in [0.2, 0.25) is 0 Å². The molecular formula is C18H20N2. The van der Waals surface area contributed by atoms with E-state index in [0.717, 1.165) is 18.5 Å². The van der Waals surface area contributed by atoms with E-state index in [2.05, 4.69) is 56.2 Å². The van der Waals surface area contributed by atoms with Crippen LogP contribution in [-0.4, -0.2) is 0 Å². The summed E-state index contributed by atoms with van der Waals surface area (Å²) >= 11 is 0. The Morgan fingerprint density at radius 3 is 2.80 bits per heavy atom. The summed E-state index contributed by atoms with van der Waals surface area (Å²) in [6.45, 7) is 8.48. The van der Waals surface area contributed by atoms with Gasteiger partial charge in [0.15, 0.2) is 0 Å². The van der Waals surface area contributed by atoms with Crippen LogP contribution in [0.15, 0.2) is 36.9 Å². The molecule has 20 heavy (non-hydrogen) atoms. The number of hydrogen-bond acceptors (Lipinski definition) is 2. The highest BCUT2D eigenvalue weighted by atomic mass is 15.2. The van der Waals surface area contributed by atoms with Crippen molar-refractivity contribution in [3.8, 4) is 11.1 Å². The largest absolute Gasteiger partial charge is 0.323 e. The number of allylic oxidation sites excluding steroid dienone is 1. The lowest BCUT2D eigenvalue weighted by Crippen LogP contribution is -2.10. The van der Waals surface area contributed by atoms with Gasteiger partial charge >= 0.3 is 0 Å². The van der Waals surface area contributed by atoms with Crippen LogP contribution in [0.3, 0.4) is 0 Å². The first-order valence-corrected chi connectivity index (χ1v) is 7.06. The minimum atomic E-state index is 0.967. The Kier molecular flexibility index (Phi) is 3.11. The number of benzene rings is 2. The number of fused-ring (bicyclic) bond motifs is 3. The van der Waals surface area contributed by atoms with Crippen molar-refractivity contribution in [3.63, 3.8) is 0 Å². The highest BCUT2D eigenvalue weighted by Crippen LogP contribution is 2.45. The summed E-state index contributed by atoms with van der Waals surface area (Å²) in [4.78, 5) is 0. The van der Waals surface area contributed by atoms with Crippen molar-refractivity contribution in [1.82, 2.24) is 0 Å². The predicted octanol–water partition coefficient (Wildman–Crippen LogP) is 4.28. The first-order chi connectivity index (χ1) is 9.67. The van der Waals surface area contributed by atoms with E-state index < -0.39 is 0 Å². The molecule has 0 fully saturated rings. The summed E-state index contributed by atoms with van der Waals surface area (Å²) in [6.07, 6.45) is 1.94. The molecular weight excluding hydrogens is 244 g/mol. The number of nitrogens with one attached hydrogen (secondary N) is 1. The molecule has 0 aromatic heterocycles. The average molecular weight is 264 g/mol. The van der Waals surface area contributed by atoms with Gasteiger partial charge in [0, 0.05) is 5.56 Å². The average Bonchev–Trinajstić information content (AvgIpc) is 2.85. The summed E-state index contributed by atoms with van der Waals surface area (Å²) in [5.41, 5.74) is 12.9. The van der Waals surface area contributed by atoms with Crippen LogP contribution < -0.4 is 11.3 Å². The van der Waals surface area contributed by atoms with Crippen LogP contribution in [0.4, 0.5) is 5.69 Å². The maximum atomic E-state index is 5.77. The number of nitrogens with two attached hydrogens (primary N) is 1. The molecule has 0 unspecified atom stereocenters. The van der Waals surface area contributed by atoms with E-state index in [1.165, 1.54) is 39.0 Å². The number of nitrogen functional groups attached to an aromatic ring is 1. The Labute approximate surface area is 120 Å². The zero-order chi connectivity index (χ0) is 14.3. The van der Waals surface area contributed by atoms with Gasteiger partial charge in [-0.15, -0.1) is 0 Å². The fraction of sp³-hybridized carbons (Fsp3) is 0.222. The van der Waals surface area contributed by atoms with Gasteiger partial charge in [0.2, 0.25) is 0 Å². The van der Waals surface area contributed by atoms with E-state index in [0.29, 0.717) is 0 Å². The highest BCUT2D eigenvalue weighted by Gasteiger charge is 2.25. The third-order valence-electron chi connectivity index (χ3n) is 4.24. The van der Waals surface area contributed by atoms with Gasteiger partial charge in [-0.05, 0) is 59.2 Å². The third kappa shape index (κ3) is 1.76. The normalized spacial score (nSPS) is 11.9. The topological polar surface area (TPSA) is 38.0 Å². The Morgan fingerprint density at radius 2 is 2.10 bits per heavy atom. The van der Waals surface area contributed by atoms with Gasteiger partial charge in [-0.1, -0.05) is 37.8 Å². The molecule has 2 nitrogen and oxygen atoms in total. The second-order valence-corrected chi connectivity index (χ2v) is 5.40. The van der Waals surface area contributed by atoms with Crippen molar-refractivity contribution in [2.24, 2.45) is 5.84 Å². The quantitative estimate of drug-likeness (QED) is 0.547. The van der Waals surface area contributed by atoms with Gasteiger partial charge in [-0.25, -0.2) is 0 Å². The van der Waals surface area contributed by atoms with E-state index >= 15 is 0 Å². The summed E-state index contributed by atoms with van der Waals surface area (Å²) < 4.78 is 0. The summed E-state index contributed by atoms with van der Waals surface area (Å²) in [7, 11) is 0. The second-order valence-electron chi connectivity index (χ2n) is 5.40. The first kappa shape index (κ1) is 12.9. The summed E-state index contributed by atoms with van der Waals surface area (Å²) in [6, 6.07) is 10.8. The van der Waals surface area contributed by atoms with Crippen LogP contribution >= 0.6 is 0 Å². The molecule has 1 aliphatic rings. The Bertz CT molecular complexity index is 699. The van der Waals surface area contributed by atoms with Crippen LogP contribution in [0.25, 0.3) is 16.7 Å². The Balaban J connectivity index is 2.33. The standard InChI is InChI=1S/C18H20N2/c1-4-11(2)15-9-12(3)18(20-19)17-14-8-6-5-7-13(14)10-16(15)17/h5-9,20H,2,4,10,19H2,1,3H3. The van der Waals surface area contributed by atoms with Gasteiger partial charge < -0.3 is 5.43 Å². The van der Waals surface area contributed by atoms with Crippen molar-refractivity contribution in [3.05, 3.63) is 59.2 Å². The molecule has 2 heteroatoms. The van der Waals surface area contributed by atoms with Crippen LogP contribution in [0, 0.1) is 6.92 Å². The molecule has 0 aliphatic heterocycles. The fourth-order valence-electron chi connectivity index (χ4n) is 3.14. The van der Waals surface area contributed by atoms with Crippen molar-refractivity contribution in [2.75, 3.05) is 5.43 Å². The number of hydrazine groups is 1. The molecule has 0 atom stereocenters. The van der Waals surface area contributed by atoms with Gasteiger partial charge in [-0.2, -0.15) is 0 Å². The second kappa shape index (κ2) is 4.80. The molecule has 2 aromatic rings. The van der Waals surface area contributed by atoms with Crippen molar-refractivity contribution >= 4 is 11.3 Å². The van der Waals surface area contributed by atoms with E-state index in [-0.39, 0.29) is 0 Å². The lowest BCUT2D eigenvalue weighted by molar-refractivity contribution is 1.18. The smallest absolute Gasteiger partial charge is 0.0596 e. The Morgan fingerprint density at radius 1 is 1.35 bits per heavy atom. The van der Waals surface area contributed by atoms with E-state index in [1.807, 2.05) is 0 Å². The van der Waals surface area contributed by atoms with E-state index in [9.17, 15) is 0 Å². The maximum absolute atomic E-state index is 5.77. The highest BCUT2D eigenvalue weighted by molar-refractivity contribution is 5.92. The molecule has 0 saturated carbocycles. The van der Waals surface area contributed by atoms with E-state index in [4.69, 9.17) is 5.84 Å². The lowest BCUT2D eigenvalue weighted by Gasteiger charge is -2.17. The molecule has 0 amide bonds. The SMILES string of the molecule is C=C(CC)c1cc(C)c(NN)c2c1Cc1ccccc1-2. The third-order valence-corrected chi connectivity index (χ3v) is 4.24. The zero-order valence-corrected chi connectivity index (χ0v) is 12.1. The summed E-state index contributed by atoms with van der Waals surface area (Å²) in [5, 5.41) is 0. The molecule has 2 aromatic carbocycles. The molecule has 3 N–H and O–H groups in total. The van der Waals surface area contributed by atoms with Crippen molar-refractivity contribution in [2.45, 2.75) is 26.7 Å². The van der Waals surface area contributed by atoms with Crippen molar-refractivity contribution in [1.29, 1.82) is 0 Å². The van der Waals surface area contributed by atoms with Gasteiger partial charge in [0.1, 0.15) is 0 Å². The molecule has 0 bridgehead atoms. The molecule has 0 saturated heterocycles. The molecule has 1 aliphatic carbocycles.